The Morgan fingerprint density at radius 3 is 2.69 bits per heavy atom. The van der Waals surface area contributed by atoms with Gasteiger partial charge in [-0.05, 0) is 49.5 Å². The van der Waals surface area contributed by atoms with E-state index in [1.165, 1.54) is 22.0 Å². The molecule has 0 atom stereocenters. The van der Waals surface area contributed by atoms with Gasteiger partial charge in [-0.15, -0.1) is 0 Å². The van der Waals surface area contributed by atoms with E-state index in [9.17, 15) is 0 Å². The molecule has 4 heterocycles. The van der Waals surface area contributed by atoms with Gasteiger partial charge in [-0.25, -0.2) is 4.98 Å². The van der Waals surface area contributed by atoms with Gasteiger partial charge in [-0.2, -0.15) is 0 Å². The number of fused-ring (bicyclic) bond motifs is 1. The van der Waals surface area contributed by atoms with Crippen LogP contribution in [-0.4, -0.2) is 48.4 Å². The number of nitrogens with one attached hydrogen (secondary N) is 2. The zero-order chi connectivity index (χ0) is 17.3. The van der Waals surface area contributed by atoms with Crippen molar-refractivity contribution in [1.29, 1.82) is 0 Å². The van der Waals surface area contributed by atoms with Crippen molar-refractivity contribution in [2.75, 3.05) is 31.1 Å². The zero-order valence-electron chi connectivity index (χ0n) is 14.8. The molecule has 2 fully saturated rings. The Hall–Kier alpha value is -2.37. The van der Waals surface area contributed by atoms with Crippen LogP contribution in [0.2, 0.25) is 0 Å². The maximum atomic E-state index is 6.27. The topological polar surface area (TPSA) is 53.2 Å². The Morgan fingerprint density at radius 2 is 1.81 bits per heavy atom. The normalized spacial score (nSPS) is 19.0. The number of hydrogen-bond acceptors (Lipinski definition) is 4. The SMILES string of the molecule is c1cnc(N2CC(OC3CCNCC3)C2)c(-c2cccc3cc[nH]c23)c1. The number of H-pyrrole nitrogens is 1. The lowest BCUT2D eigenvalue weighted by atomic mass is 10.0. The summed E-state index contributed by atoms with van der Waals surface area (Å²) in [6.07, 6.45) is 6.87. The van der Waals surface area contributed by atoms with Crippen LogP contribution in [0.4, 0.5) is 5.82 Å². The number of benzene rings is 1. The lowest BCUT2D eigenvalue weighted by Crippen LogP contribution is -2.54. The van der Waals surface area contributed by atoms with Gasteiger partial charge in [0.2, 0.25) is 0 Å². The van der Waals surface area contributed by atoms with E-state index in [1.807, 2.05) is 18.5 Å². The van der Waals surface area contributed by atoms with E-state index in [0.29, 0.717) is 12.2 Å². The average molecular weight is 348 g/mol. The Kier molecular flexibility index (Phi) is 4.11. The second-order valence-electron chi connectivity index (χ2n) is 7.23. The molecular formula is C21H24N4O. The monoisotopic (exact) mass is 348 g/mol. The number of hydrogen-bond donors (Lipinski definition) is 2. The van der Waals surface area contributed by atoms with Crippen LogP contribution in [0.15, 0.2) is 48.8 Å². The van der Waals surface area contributed by atoms with Crippen LogP contribution in [0.5, 0.6) is 0 Å². The van der Waals surface area contributed by atoms with Gasteiger partial charge in [0.1, 0.15) is 5.82 Å². The highest BCUT2D eigenvalue weighted by Crippen LogP contribution is 2.35. The molecule has 3 aromatic rings. The fourth-order valence-electron chi connectivity index (χ4n) is 4.07. The summed E-state index contributed by atoms with van der Waals surface area (Å²) in [7, 11) is 0. The Labute approximate surface area is 153 Å². The Balaban J connectivity index is 1.36. The number of anilines is 1. The third-order valence-electron chi connectivity index (χ3n) is 5.48. The molecule has 0 bridgehead atoms. The first kappa shape index (κ1) is 15.9. The highest BCUT2D eigenvalue weighted by Gasteiger charge is 2.32. The Morgan fingerprint density at radius 1 is 0.962 bits per heavy atom. The second kappa shape index (κ2) is 6.74. The van der Waals surface area contributed by atoms with Crippen molar-refractivity contribution in [2.45, 2.75) is 25.0 Å². The summed E-state index contributed by atoms with van der Waals surface area (Å²) in [5.41, 5.74) is 3.56. The first-order chi connectivity index (χ1) is 12.9. The fraction of sp³-hybridized carbons (Fsp3) is 0.381. The van der Waals surface area contributed by atoms with Crippen LogP contribution >= 0.6 is 0 Å². The zero-order valence-corrected chi connectivity index (χ0v) is 14.8. The molecule has 26 heavy (non-hydrogen) atoms. The largest absolute Gasteiger partial charge is 0.371 e. The van der Waals surface area contributed by atoms with Crippen molar-refractivity contribution in [3.63, 3.8) is 0 Å². The quantitative estimate of drug-likeness (QED) is 0.760. The van der Waals surface area contributed by atoms with Gasteiger partial charge in [0.15, 0.2) is 0 Å². The lowest BCUT2D eigenvalue weighted by Gasteiger charge is -2.42. The fourth-order valence-corrected chi connectivity index (χ4v) is 4.07. The molecule has 2 aliphatic heterocycles. The molecular weight excluding hydrogens is 324 g/mol. The van der Waals surface area contributed by atoms with Gasteiger partial charge < -0.3 is 19.9 Å². The van der Waals surface area contributed by atoms with E-state index in [2.05, 4.69) is 45.5 Å². The van der Waals surface area contributed by atoms with Gasteiger partial charge in [-0.1, -0.05) is 18.2 Å². The average Bonchev–Trinajstić information content (AvgIpc) is 3.14. The molecule has 2 aromatic heterocycles. The smallest absolute Gasteiger partial charge is 0.136 e. The van der Waals surface area contributed by atoms with Crippen molar-refractivity contribution < 1.29 is 4.74 Å². The van der Waals surface area contributed by atoms with E-state index in [0.717, 1.165) is 44.8 Å². The molecule has 2 saturated heterocycles. The number of ether oxygens (including phenoxy) is 1. The molecule has 5 nitrogen and oxygen atoms in total. The van der Waals surface area contributed by atoms with Gasteiger partial charge in [-0.3, -0.25) is 0 Å². The minimum atomic E-state index is 0.328. The van der Waals surface area contributed by atoms with Crippen molar-refractivity contribution in [1.82, 2.24) is 15.3 Å². The molecule has 2 N–H and O–H groups in total. The van der Waals surface area contributed by atoms with Crippen LogP contribution < -0.4 is 10.2 Å². The molecule has 0 radical (unpaired) electrons. The van der Waals surface area contributed by atoms with Crippen molar-refractivity contribution >= 4 is 16.7 Å². The molecule has 5 heteroatoms. The molecule has 0 aliphatic carbocycles. The minimum absolute atomic E-state index is 0.328. The number of aromatic nitrogens is 2. The summed E-state index contributed by atoms with van der Waals surface area (Å²) in [6.45, 7) is 4.00. The van der Waals surface area contributed by atoms with E-state index >= 15 is 0 Å². The molecule has 0 amide bonds. The predicted octanol–water partition coefficient (Wildman–Crippen LogP) is 3.19. The number of nitrogens with zero attached hydrogens (tertiary/aromatic N) is 2. The number of piperidine rings is 1. The van der Waals surface area contributed by atoms with E-state index in [-0.39, 0.29) is 0 Å². The summed E-state index contributed by atoms with van der Waals surface area (Å²) in [5, 5.41) is 4.62. The van der Waals surface area contributed by atoms with E-state index in [1.54, 1.807) is 0 Å². The molecule has 0 unspecified atom stereocenters. The summed E-state index contributed by atoms with van der Waals surface area (Å²) >= 11 is 0. The third-order valence-corrected chi connectivity index (χ3v) is 5.48. The third kappa shape index (κ3) is 2.87. The lowest BCUT2D eigenvalue weighted by molar-refractivity contribution is -0.0385. The maximum absolute atomic E-state index is 6.27. The maximum Gasteiger partial charge on any atom is 0.136 e. The summed E-state index contributed by atoms with van der Waals surface area (Å²) in [5.74, 6) is 1.06. The predicted molar refractivity (Wildman–Crippen MR) is 105 cm³/mol. The van der Waals surface area contributed by atoms with Crippen molar-refractivity contribution in [3.05, 3.63) is 48.8 Å². The number of rotatable bonds is 4. The van der Waals surface area contributed by atoms with Crippen molar-refractivity contribution in [3.8, 4) is 11.1 Å². The first-order valence-electron chi connectivity index (χ1n) is 9.51. The molecule has 1 aromatic carbocycles. The van der Waals surface area contributed by atoms with Crippen LogP contribution in [0, 0.1) is 0 Å². The molecule has 0 spiro atoms. The number of aromatic amines is 1. The number of pyridine rings is 1. The molecule has 0 saturated carbocycles. The summed E-state index contributed by atoms with van der Waals surface area (Å²) in [4.78, 5) is 10.4. The Bertz CT molecular complexity index is 894. The van der Waals surface area contributed by atoms with Crippen LogP contribution in [0.1, 0.15) is 12.8 Å². The first-order valence-corrected chi connectivity index (χ1v) is 9.51. The second-order valence-corrected chi connectivity index (χ2v) is 7.23. The molecule has 5 rings (SSSR count). The van der Waals surface area contributed by atoms with E-state index in [4.69, 9.17) is 9.72 Å². The van der Waals surface area contributed by atoms with Crippen LogP contribution in [-0.2, 0) is 4.74 Å². The van der Waals surface area contributed by atoms with Gasteiger partial charge in [0.25, 0.3) is 0 Å². The van der Waals surface area contributed by atoms with Crippen LogP contribution in [0.3, 0.4) is 0 Å². The summed E-state index contributed by atoms with van der Waals surface area (Å²) in [6, 6.07) is 12.7. The van der Waals surface area contributed by atoms with Crippen LogP contribution in [0.25, 0.3) is 22.0 Å². The molecule has 134 valence electrons. The number of para-hydroxylation sites is 1. The standard InChI is InChI=1S/C21H24N4O/c1-3-15-6-12-23-20(15)18(4-1)19-5-2-9-24-21(19)25-13-17(14-25)26-16-7-10-22-11-8-16/h1-6,9,12,16-17,22-23H,7-8,10-11,13-14H2. The van der Waals surface area contributed by atoms with Gasteiger partial charge in [0.05, 0.1) is 17.7 Å². The van der Waals surface area contributed by atoms with E-state index < -0.39 is 0 Å². The molecule has 2 aliphatic rings. The van der Waals surface area contributed by atoms with Gasteiger partial charge in [0, 0.05) is 36.6 Å². The highest BCUT2D eigenvalue weighted by molar-refractivity contribution is 5.96. The van der Waals surface area contributed by atoms with Crippen molar-refractivity contribution in [2.24, 2.45) is 0 Å². The van der Waals surface area contributed by atoms with Gasteiger partial charge >= 0.3 is 0 Å². The summed E-state index contributed by atoms with van der Waals surface area (Å²) < 4.78 is 6.27. The minimum Gasteiger partial charge on any atom is -0.371 e. The highest BCUT2D eigenvalue weighted by atomic mass is 16.5.